The van der Waals surface area contributed by atoms with Gasteiger partial charge in [-0.2, -0.15) is 0 Å². The summed E-state index contributed by atoms with van der Waals surface area (Å²) in [4.78, 5) is 12.0. The van der Waals surface area contributed by atoms with Gasteiger partial charge in [0, 0.05) is 11.1 Å². The van der Waals surface area contributed by atoms with Crippen molar-refractivity contribution >= 4 is 5.78 Å². The number of carbonyl (C=O) groups excluding carboxylic acids is 1. The van der Waals surface area contributed by atoms with E-state index in [9.17, 15) is 71.2 Å². The fraction of sp³-hybridized carbons (Fsp3) is 0.458. The van der Waals surface area contributed by atoms with Gasteiger partial charge in [0.15, 0.2) is 17.3 Å². The van der Waals surface area contributed by atoms with Crippen molar-refractivity contribution in [1.29, 1.82) is 0 Å². The summed E-state index contributed by atoms with van der Waals surface area (Å²) < 4.78 is 10.2. The Bertz CT molecular complexity index is 1320. The standard InChI is InChI=1S/C24H29NO16/c1-40-15-9-11-8-14(17(26)13(11)10-16(15)41-2)18(27,28)20(31)21(32,33)23(36,37)25(24(38,39)22(20,34)35)19(29,30)12-6-4-3-5-7-12/h3-7,9-10,14,27-39H,8H2,1-2H3. The van der Waals surface area contributed by atoms with Crippen LogP contribution in [-0.2, 0) is 12.3 Å². The predicted molar refractivity (Wildman–Crippen MR) is 126 cm³/mol. The number of hydrogen-bond donors (Lipinski definition) is 13. The molecule has 0 radical (unpaired) electrons. The molecule has 0 bridgehead atoms. The molecule has 2 aromatic rings. The normalized spacial score (nSPS) is 24.6. The molecular weight excluding hydrogens is 558 g/mol. The molecule has 1 unspecified atom stereocenters. The zero-order valence-electron chi connectivity index (χ0n) is 21.3. The van der Waals surface area contributed by atoms with Gasteiger partial charge in [0.25, 0.3) is 29.3 Å². The zero-order chi connectivity index (χ0) is 31.2. The van der Waals surface area contributed by atoms with Gasteiger partial charge in [-0.15, -0.1) is 4.90 Å². The number of likely N-dealkylation sites (tertiary alicyclic amines) is 1. The first-order valence-electron chi connectivity index (χ1n) is 11.7. The number of aliphatic hydroxyl groups is 13. The van der Waals surface area contributed by atoms with Crippen LogP contribution in [0.3, 0.4) is 0 Å². The maximum Gasteiger partial charge on any atom is 0.294 e. The number of ether oxygens (including phenoxy) is 2. The van der Waals surface area contributed by atoms with E-state index in [1.807, 2.05) is 0 Å². The average Bonchev–Trinajstić information content (AvgIpc) is 3.22. The quantitative estimate of drug-likeness (QED) is 0.140. The van der Waals surface area contributed by atoms with Crippen molar-refractivity contribution in [2.75, 3.05) is 14.2 Å². The van der Waals surface area contributed by atoms with Gasteiger partial charge in [-0.05, 0) is 24.1 Å². The Labute approximate surface area is 229 Å². The van der Waals surface area contributed by atoms with E-state index in [1.165, 1.54) is 26.4 Å². The van der Waals surface area contributed by atoms with Crippen molar-refractivity contribution in [3.05, 3.63) is 59.2 Å². The highest BCUT2D eigenvalue weighted by Gasteiger charge is 2.92. The summed E-state index contributed by atoms with van der Waals surface area (Å²) in [5.41, 5.74) is -6.33. The van der Waals surface area contributed by atoms with Gasteiger partial charge in [-0.25, -0.2) is 0 Å². The molecule has 1 saturated heterocycles. The topological polar surface area (TPSA) is 302 Å². The van der Waals surface area contributed by atoms with Crippen LogP contribution in [0, 0.1) is 5.92 Å². The highest BCUT2D eigenvalue weighted by molar-refractivity contribution is 6.03. The van der Waals surface area contributed by atoms with Gasteiger partial charge in [0.05, 0.1) is 20.1 Å². The van der Waals surface area contributed by atoms with Crippen molar-refractivity contribution in [3.63, 3.8) is 0 Å². The van der Waals surface area contributed by atoms with Crippen LogP contribution in [-0.4, -0.2) is 126 Å². The fourth-order valence-corrected chi connectivity index (χ4v) is 5.39. The number of methoxy groups -OCH3 is 2. The maximum absolute atomic E-state index is 13.3. The zero-order valence-corrected chi connectivity index (χ0v) is 21.3. The summed E-state index contributed by atoms with van der Waals surface area (Å²) >= 11 is 0. The molecule has 0 aromatic heterocycles. The van der Waals surface area contributed by atoms with E-state index >= 15 is 0 Å². The number of nitrogens with zero attached hydrogens (tertiary/aromatic N) is 1. The van der Waals surface area contributed by atoms with Gasteiger partial charge in [-0.1, -0.05) is 30.3 Å². The molecule has 0 spiro atoms. The molecule has 41 heavy (non-hydrogen) atoms. The monoisotopic (exact) mass is 587 g/mol. The van der Waals surface area contributed by atoms with E-state index in [1.54, 1.807) is 0 Å². The molecular formula is C24H29NO16. The van der Waals surface area contributed by atoms with Crippen molar-refractivity contribution in [2.24, 2.45) is 5.92 Å². The second-order valence-corrected chi connectivity index (χ2v) is 9.87. The Balaban J connectivity index is 1.91. The molecule has 1 fully saturated rings. The maximum atomic E-state index is 13.3. The lowest BCUT2D eigenvalue weighted by Gasteiger charge is -2.66. The van der Waals surface area contributed by atoms with Crippen LogP contribution >= 0.6 is 0 Å². The Hall–Kier alpha value is -2.85. The highest BCUT2D eigenvalue weighted by Crippen LogP contribution is 2.58. The second kappa shape index (κ2) is 9.07. The molecule has 17 heteroatoms. The van der Waals surface area contributed by atoms with Crippen LogP contribution in [0.5, 0.6) is 11.5 Å². The van der Waals surface area contributed by atoms with Gasteiger partial charge < -0.3 is 75.9 Å². The first-order chi connectivity index (χ1) is 18.6. The molecule has 226 valence electrons. The molecule has 2 aliphatic rings. The minimum absolute atomic E-state index is 0.0244. The van der Waals surface area contributed by atoms with Crippen LogP contribution in [0.1, 0.15) is 21.5 Å². The van der Waals surface area contributed by atoms with Crippen LogP contribution in [0.25, 0.3) is 0 Å². The van der Waals surface area contributed by atoms with Gasteiger partial charge in [0.1, 0.15) is 0 Å². The second-order valence-electron chi connectivity index (χ2n) is 9.87. The molecule has 0 saturated carbocycles. The van der Waals surface area contributed by atoms with E-state index in [0.717, 1.165) is 30.3 Å². The Morgan fingerprint density at radius 3 is 1.71 bits per heavy atom. The molecule has 1 heterocycles. The molecule has 1 aliphatic heterocycles. The summed E-state index contributed by atoms with van der Waals surface area (Å²) in [6.45, 7) is 0. The van der Waals surface area contributed by atoms with E-state index in [-0.39, 0.29) is 22.6 Å². The summed E-state index contributed by atoms with van der Waals surface area (Å²) in [6, 6.07) is 7.51. The lowest BCUT2D eigenvalue weighted by Crippen LogP contribution is -2.99. The molecule has 17 nitrogen and oxygen atoms in total. The number of Topliss-reactive ketones (excluding diaryl/α,β-unsaturated/α-hetero) is 1. The number of rotatable bonds is 6. The molecule has 2 aromatic carbocycles. The number of carbonyl (C=O) groups is 1. The van der Waals surface area contributed by atoms with E-state index < -0.39 is 69.3 Å². The summed E-state index contributed by atoms with van der Waals surface area (Å²) in [6.07, 6.45) is -0.818. The number of fused-ring (bicyclic) bond motifs is 1. The smallest absolute Gasteiger partial charge is 0.294 e. The van der Waals surface area contributed by atoms with Crippen molar-refractivity contribution < 1.29 is 80.7 Å². The third-order valence-electron chi connectivity index (χ3n) is 7.67. The fourth-order valence-electron chi connectivity index (χ4n) is 5.39. The van der Waals surface area contributed by atoms with E-state index in [0.29, 0.717) is 0 Å². The van der Waals surface area contributed by atoms with Gasteiger partial charge >= 0.3 is 0 Å². The van der Waals surface area contributed by atoms with Crippen LogP contribution in [0.4, 0.5) is 0 Å². The molecule has 13 N–H and O–H groups in total. The Morgan fingerprint density at radius 2 is 1.24 bits per heavy atom. The molecule has 4 rings (SSSR count). The van der Waals surface area contributed by atoms with Crippen molar-refractivity contribution in [1.82, 2.24) is 4.90 Å². The van der Waals surface area contributed by atoms with Gasteiger partial charge in [0.2, 0.25) is 11.4 Å². The molecule has 1 aliphatic carbocycles. The van der Waals surface area contributed by atoms with Crippen molar-refractivity contribution in [3.8, 4) is 11.5 Å². The third kappa shape index (κ3) is 3.65. The Kier molecular flexibility index (Phi) is 6.88. The lowest BCUT2D eigenvalue weighted by atomic mass is 9.65. The first kappa shape index (κ1) is 31.1. The van der Waals surface area contributed by atoms with Crippen LogP contribution < -0.4 is 9.47 Å². The minimum Gasteiger partial charge on any atom is -0.493 e. The number of hydrogen-bond acceptors (Lipinski definition) is 17. The SMILES string of the molecule is COc1cc2c(cc1OC)C(=O)C(C(O)(O)C1(O)C(O)(O)C(O)(O)N(C(O)(O)c3ccccc3)C(O)(O)C1(O)O)C2. The van der Waals surface area contributed by atoms with Crippen LogP contribution in [0.15, 0.2) is 42.5 Å². The number of benzene rings is 2. The highest BCUT2D eigenvalue weighted by atomic mass is 16.7. The van der Waals surface area contributed by atoms with Gasteiger partial charge in [-0.3, -0.25) is 4.79 Å². The summed E-state index contributed by atoms with van der Waals surface area (Å²) in [5, 5.41) is 141. The largest absolute Gasteiger partial charge is 0.493 e. The lowest BCUT2D eigenvalue weighted by molar-refractivity contribution is -0.646. The molecule has 1 atom stereocenters. The van der Waals surface area contributed by atoms with E-state index in [2.05, 4.69) is 0 Å². The summed E-state index contributed by atoms with van der Waals surface area (Å²) in [5.74, 6) is -32.9. The van der Waals surface area contributed by atoms with Crippen LogP contribution in [0.2, 0.25) is 0 Å². The number of ketones is 1. The third-order valence-corrected chi connectivity index (χ3v) is 7.67. The first-order valence-corrected chi connectivity index (χ1v) is 11.7. The Morgan fingerprint density at radius 1 is 0.780 bits per heavy atom. The average molecular weight is 587 g/mol. The predicted octanol–water partition coefficient (Wildman–Crippen LogP) is -5.78. The molecule has 0 amide bonds. The van der Waals surface area contributed by atoms with Crippen molar-refractivity contribution in [2.45, 2.75) is 47.1 Å². The summed E-state index contributed by atoms with van der Waals surface area (Å²) in [7, 11) is 2.44. The minimum atomic E-state index is -5.17. The number of piperidine rings is 1. The van der Waals surface area contributed by atoms with E-state index in [4.69, 9.17) is 9.47 Å².